The van der Waals surface area contributed by atoms with Gasteiger partial charge in [0, 0.05) is 26.6 Å². The summed E-state index contributed by atoms with van der Waals surface area (Å²) in [7, 11) is 4.13. The molecular formula is C14H27N3O. The lowest BCUT2D eigenvalue weighted by Crippen LogP contribution is -2.33. The van der Waals surface area contributed by atoms with Gasteiger partial charge in [0.1, 0.15) is 0 Å². The number of rotatable bonds is 5. The van der Waals surface area contributed by atoms with Crippen LogP contribution in [-0.2, 0) is 4.79 Å². The third-order valence-electron chi connectivity index (χ3n) is 4.38. The molecule has 1 N–H and O–H groups in total. The Labute approximate surface area is 111 Å². The summed E-state index contributed by atoms with van der Waals surface area (Å²) in [6, 6.07) is 0. The van der Waals surface area contributed by atoms with Gasteiger partial charge in [-0.2, -0.15) is 0 Å². The van der Waals surface area contributed by atoms with Crippen molar-refractivity contribution in [3.63, 3.8) is 0 Å². The molecule has 2 unspecified atom stereocenters. The fourth-order valence-electron chi connectivity index (χ4n) is 3.14. The Morgan fingerprint density at radius 2 is 2.22 bits per heavy atom. The van der Waals surface area contributed by atoms with Crippen molar-refractivity contribution in [1.29, 1.82) is 0 Å². The molecule has 0 saturated carbocycles. The molecule has 1 amide bonds. The zero-order valence-corrected chi connectivity index (χ0v) is 11.8. The Morgan fingerprint density at radius 1 is 1.39 bits per heavy atom. The predicted octanol–water partition coefficient (Wildman–Crippen LogP) is 0.786. The van der Waals surface area contributed by atoms with Crippen LogP contribution in [0.3, 0.4) is 0 Å². The van der Waals surface area contributed by atoms with Crippen molar-refractivity contribution < 1.29 is 4.79 Å². The molecular weight excluding hydrogens is 226 g/mol. The van der Waals surface area contributed by atoms with E-state index in [0.29, 0.717) is 11.8 Å². The van der Waals surface area contributed by atoms with Crippen LogP contribution >= 0.6 is 0 Å². The second kappa shape index (κ2) is 6.53. The quantitative estimate of drug-likeness (QED) is 0.787. The number of amides is 1. The van der Waals surface area contributed by atoms with E-state index in [1.54, 1.807) is 0 Å². The van der Waals surface area contributed by atoms with Crippen molar-refractivity contribution in [2.45, 2.75) is 25.7 Å². The molecule has 0 aromatic carbocycles. The van der Waals surface area contributed by atoms with Crippen LogP contribution in [0.5, 0.6) is 0 Å². The first-order valence-electron chi connectivity index (χ1n) is 7.28. The molecule has 18 heavy (non-hydrogen) atoms. The summed E-state index contributed by atoms with van der Waals surface area (Å²) >= 11 is 0. The Hall–Kier alpha value is -0.610. The summed E-state index contributed by atoms with van der Waals surface area (Å²) in [6.07, 6.45) is 4.26. The highest BCUT2D eigenvalue weighted by Crippen LogP contribution is 2.17. The SMILES string of the molecule is CN1CCC(CN(C)C(=O)CCC2CCNC2)C1. The third kappa shape index (κ3) is 3.95. The van der Waals surface area contributed by atoms with Crippen LogP contribution in [0.25, 0.3) is 0 Å². The summed E-state index contributed by atoms with van der Waals surface area (Å²) in [5.74, 6) is 1.73. The van der Waals surface area contributed by atoms with E-state index in [0.717, 1.165) is 44.9 Å². The first-order chi connectivity index (χ1) is 8.65. The number of nitrogens with one attached hydrogen (secondary N) is 1. The molecule has 0 radical (unpaired) electrons. The van der Waals surface area contributed by atoms with Crippen molar-refractivity contribution in [2.24, 2.45) is 11.8 Å². The largest absolute Gasteiger partial charge is 0.345 e. The number of likely N-dealkylation sites (tertiary alicyclic amines) is 1. The van der Waals surface area contributed by atoms with E-state index in [-0.39, 0.29) is 0 Å². The molecule has 2 saturated heterocycles. The highest BCUT2D eigenvalue weighted by Gasteiger charge is 2.23. The minimum absolute atomic E-state index is 0.330. The minimum atomic E-state index is 0.330. The van der Waals surface area contributed by atoms with Gasteiger partial charge in [0.25, 0.3) is 0 Å². The molecule has 0 aromatic rings. The van der Waals surface area contributed by atoms with E-state index < -0.39 is 0 Å². The van der Waals surface area contributed by atoms with Crippen LogP contribution in [0.1, 0.15) is 25.7 Å². The topological polar surface area (TPSA) is 35.6 Å². The molecule has 2 heterocycles. The number of nitrogens with zero attached hydrogens (tertiary/aromatic N) is 2. The van der Waals surface area contributed by atoms with Crippen LogP contribution in [0.15, 0.2) is 0 Å². The van der Waals surface area contributed by atoms with E-state index in [2.05, 4.69) is 17.3 Å². The van der Waals surface area contributed by atoms with Gasteiger partial charge in [-0.05, 0) is 57.8 Å². The van der Waals surface area contributed by atoms with Crippen molar-refractivity contribution in [2.75, 3.05) is 46.8 Å². The van der Waals surface area contributed by atoms with Gasteiger partial charge in [0.15, 0.2) is 0 Å². The van der Waals surface area contributed by atoms with Crippen LogP contribution in [0.4, 0.5) is 0 Å². The van der Waals surface area contributed by atoms with Gasteiger partial charge in [-0.3, -0.25) is 4.79 Å². The number of carbonyl (C=O) groups is 1. The molecule has 2 aliphatic heterocycles. The molecule has 104 valence electrons. The summed E-state index contributed by atoms with van der Waals surface area (Å²) < 4.78 is 0. The van der Waals surface area contributed by atoms with E-state index in [1.807, 2.05) is 11.9 Å². The van der Waals surface area contributed by atoms with Crippen molar-refractivity contribution in [1.82, 2.24) is 15.1 Å². The first-order valence-corrected chi connectivity index (χ1v) is 7.28. The molecule has 0 bridgehead atoms. The van der Waals surface area contributed by atoms with Crippen molar-refractivity contribution in [3.05, 3.63) is 0 Å². The van der Waals surface area contributed by atoms with Gasteiger partial charge >= 0.3 is 0 Å². The van der Waals surface area contributed by atoms with E-state index in [4.69, 9.17) is 0 Å². The fourth-order valence-corrected chi connectivity index (χ4v) is 3.14. The average molecular weight is 253 g/mol. The first kappa shape index (κ1) is 13.8. The normalized spacial score (nSPS) is 28.8. The number of hydrogen-bond donors (Lipinski definition) is 1. The second-order valence-electron chi connectivity index (χ2n) is 6.09. The molecule has 2 aliphatic rings. The summed E-state index contributed by atoms with van der Waals surface area (Å²) in [6.45, 7) is 5.49. The van der Waals surface area contributed by atoms with Crippen LogP contribution < -0.4 is 5.32 Å². The molecule has 0 aliphatic carbocycles. The van der Waals surface area contributed by atoms with Crippen LogP contribution in [-0.4, -0.2) is 62.5 Å². The van der Waals surface area contributed by atoms with E-state index in [1.165, 1.54) is 19.4 Å². The number of carbonyl (C=O) groups excluding carboxylic acids is 1. The van der Waals surface area contributed by atoms with Crippen molar-refractivity contribution >= 4 is 5.91 Å². The summed E-state index contributed by atoms with van der Waals surface area (Å²) in [4.78, 5) is 16.4. The van der Waals surface area contributed by atoms with Crippen molar-refractivity contribution in [3.8, 4) is 0 Å². The molecule has 2 atom stereocenters. The van der Waals surface area contributed by atoms with Crippen LogP contribution in [0.2, 0.25) is 0 Å². The molecule has 2 fully saturated rings. The maximum Gasteiger partial charge on any atom is 0.222 e. The average Bonchev–Trinajstić information content (AvgIpc) is 2.97. The zero-order chi connectivity index (χ0) is 13.0. The summed E-state index contributed by atoms with van der Waals surface area (Å²) in [5.41, 5.74) is 0. The maximum atomic E-state index is 12.1. The minimum Gasteiger partial charge on any atom is -0.345 e. The Bertz CT molecular complexity index is 276. The van der Waals surface area contributed by atoms with Crippen LogP contribution in [0, 0.1) is 11.8 Å². The van der Waals surface area contributed by atoms with Gasteiger partial charge in [0.2, 0.25) is 5.91 Å². The molecule has 2 rings (SSSR count). The lowest BCUT2D eigenvalue weighted by atomic mass is 10.0. The molecule has 0 spiro atoms. The maximum absolute atomic E-state index is 12.1. The molecule has 4 heteroatoms. The van der Waals surface area contributed by atoms with Gasteiger partial charge in [-0.1, -0.05) is 0 Å². The Kier molecular flexibility index (Phi) is 5.01. The molecule has 0 aromatic heterocycles. The van der Waals surface area contributed by atoms with Gasteiger partial charge < -0.3 is 15.1 Å². The smallest absolute Gasteiger partial charge is 0.222 e. The van der Waals surface area contributed by atoms with E-state index in [9.17, 15) is 4.79 Å². The third-order valence-corrected chi connectivity index (χ3v) is 4.38. The number of hydrogen-bond acceptors (Lipinski definition) is 3. The van der Waals surface area contributed by atoms with Gasteiger partial charge in [-0.25, -0.2) is 0 Å². The highest BCUT2D eigenvalue weighted by atomic mass is 16.2. The monoisotopic (exact) mass is 253 g/mol. The fraction of sp³-hybridized carbons (Fsp3) is 0.929. The Balaban J connectivity index is 1.64. The predicted molar refractivity (Wildman–Crippen MR) is 73.5 cm³/mol. The van der Waals surface area contributed by atoms with Gasteiger partial charge in [0.05, 0.1) is 0 Å². The van der Waals surface area contributed by atoms with E-state index >= 15 is 0 Å². The summed E-state index contributed by atoms with van der Waals surface area (Å²) in [5, 5.41) is 3.36. The second-order valence-corrected chi connectivity index (χ2v) is 6.09. The Morgan fingerprint density at radius 3 is 2.83 bits per heavy atom. The lowest BCUT2D eigenvalue weighted by Gasteiger charge is -2.22. The highest BCUT2D eigenvalue weighted by molar-refractivity contribution is 5.75. The standard InChI is InChI=1S/C14H27N3O/c1-16-8-6-13(10-16)11-17(2)14(18)4-3-12-5-7-15-9-12/h12-13,15H,3-11H2,1-2H3. The molecule has 4 nitrogen and oxygen atoms in total. The zero-order valence-electron chi connectivity index (χ0n) is 11.8. The lowest BCUT2D eigenvalue weighted by molar-refractivity contribution is -0.130. The van der Waals surface area contributed by atoms with Gasteiger partial charge in [-0.15, -0.1) is 0 Å².